The Morgan fingerprint density at radius 2 is 1.78 bits per heavy atom. The quantitative estimate of drug-likeness (QED) is 0.806. The topological polar surface area (TPSA) is 42.2 Å². The average molecular weight is 327 g/mol. The van der Waals surface area contributed by atoms with Crippen molar-refractivity contribution in [3.8, 4) is 0 Å². The van der Waals surface area contributed by atoms with E-state index >= 15 is 0 Å². The molecule has 126 valence electrons. The van der Waals surface area contributed by atoms with Crippen LogP contribution in [0, 0.1) is 5.92 Å². The fourth-order valence-corrected chi connectivity index (χ4v) is 2.20. The smallest absolute Gasteiger partial charge is 0.338 e. The maximum atomic E-state index is 12.5. The standard InChI is InChI=1S/C16H20F3N3O/c1-11(2)8-14-20-15(23-21-14)10-22(3)9-12-4-6-13(7-5-12)16(17,18)19/h4-7,11H,8-10H2,1-3H3. The van der Waals surface area contributed by atoms with Crippen LogP contribution in [0.25, 0.3) is 0 Å². The van der Waals surface area contributed by atoms with Crippen LogP contribution in [0.15, 0.2) is 28.8 Å². The van der Waals surface area contributed by atoms with Gasteiger partial charge in [-0.2, -0.15) is 18.2 Å². The molecular formula is C16H20F3N3O. The maximum absolute atomic E-state index is 12.5. The molecule has 0 saturated carbocycles. The molecule has 2 aromatic rings. The van der Waals surface area contributed by atoms with Crippen LogP contribution in [0.5, 0.6) is 0 Å². The van der Waals surface area contributed by atoms with Crippen molar-refractivity contribution in [2.45, 2.75) is 39.5 Å². The van der Waals surface area contributed by atoms with E-state index in [1.54, 1.807) is 0 Å². The average Bonchev–Trinajstić information content (AvgIpc) is 2.84. The summed E-state index contributed by atoms with van der Waals surface area (Å²) in [6.45, 7) is 5.10. The van der Waals surface area contributed by atoms with Gasteiger partial charge in [0.25, 0.3) is 0 Å². The van der Waals surface area contributed by atoms with Gasteiger partial charge >= 0.3 is 6.18 Å². The number of halogens is 3. The van der Waals surface area contributed by atoms with Crippen molar-refractivity contribution in [1.82, 2.24) is 15.0 Å². The van der Waals surface area contributed by atoms with Gasteiger partial charge in [0.2, 0.25) is 5.89 Å². The zero-order valence-corrected chi connectivity index (χ0v) is 13.4. The molecule has 7 heteroatoms. The van der Waals surface area contributed by atoms with E-state index in [4.69, 9.17) is 4.52 Å². The summed E-state index contributed by atoms with van der Waals surface area (Å²) >= 11 is 0. The predicted octanol–water partition coefficient (Wildman–Crippen LogP) is 3.92. The van der Waals surface area contributed by atoms with E-state index in [0.717, 1.165) is 24.1 Å². The Labute approximate surface area is 133 Å². The third-order valence-electron chi connectivity index (χ3n) is 3.24. The highest BCUT2D eigenvalue weighted by Crippen LogP contribution is 2.29. The number of benzene rings is 1. The zero-order chi connectivity index (χ0) is 17.0. The second-order valence-corrected chi connectivity index (χ2v) is 6.07. The summed E-state index contributed by atoms with van der Waals surface area (Å²) in [6.07, 6.45) is -3.55. The third kappa shape index (κ3) is 5.35. The molecule has 0 radical (unpaired) electrons. The lowest BCUT2D eigenvalue weighted by Crippen LogP contribution is -2.17. The van der Waals surface area contributed by atoms with Gasteiger partial charge in [-0.25, -0.2) is 0 Å². The number of aromatic nitrogens is 2. The molecule has 23 heavy (non-hydrogen) atoms. The van der Waals surface area contributed by atoms with Crippen molar-refractivity contribution < 1.29 is 17.7 Å². The highest BCUT2D eigenvalue weighted by molar-refractivity contribution is 5.24. The molecule has 0 aliphatic heterocycles. The molecular weight excluding hydrogens is 307 g/mol. The van der Waals surface area contributed by atoms with Gasteiger partial charge in [-0.1, -0.05) is 31.1 Å². The van der Waals surface area contributed by atoms with Crippen molar-refractivity contribution in [3.63, 3.8) is 0 Å². The van der Waals surface area contributed by atoms with Gasteiger partial charge in [0.15, 0.2) is 5.82 Å². The Morgan fingerprint density at radius 3 is 2.35 bits per heavy atom. The third-order valence-corrected chi connectivity index (χ3v) is 3.24. The van der Waals surface area contributed by atoms with Crippen LogP contribution in [0.2, 0.25) is 0 Å². The second-order valence-electron chi connectivity index (χ2n) is 6.07. The molecule has 0 bridgehead atoms. The lowest BCUT2D eigenvalue weighted by atomic mass is 10.1. The molecule has 0 spiro atoms. The first-order valence-corrected chi connectivity index (χ1v) is 7.40. The molecule has 4 nitrogen and oxygen atoms in total. The number of alkyl halides is 3. The van der Waals surface area contributed by atoms with Crippen LogP contribution in [0.1, 0.15) is 36.7 Å². The summed E-state index contributed by atoms with van der Waals surface area (Å²) < 4.78 is 42.8. The van der Waals surface area contributed by atoms with Gasteiger partial charge in [0, 0.05) is 13.0 Å². The van der Waals surface area contributed by atoms with Gasteiger partial charge in [-0.3, -0.25) is 4.90 Å². The number of hydrogen-bond donors (Lipinski definition) is 0. The number of hydrogen-bond acceptors (Lipinski definition) is 4. The van der Waals surface area contributed by atoms with Crippen LogP contribution in [-0.2, 0) is 25.7 Å². The molecule has 1 heterocycles. The van der Waals surface area contributed by atoms with E-state index < -0.39 is 11.7 Å². The molecule has 0 amide bonds. The van der Waals surface area contributed by atoms with E-state index in [1.807, 2.05) is 11.9 Å². The molecule has 0 fully saturated rings. The maximum Gasteiger partial charge on any atom is 0.416 e. The van der Waals surface area contributed by atoms with Crippen LogP contribution >= 0.6 is 0 Å². The van der Waals surface area contributed by atoms with Crippen molar-refractivity contribution in [2.75, 3.05) is 7.05 Å². The lowest BCUT2D eigenvalue weighted by molar-refractivity contribution is -0.137. The molecule has 1 aromatic carbocycles. The van der Waals surface area contributed by atoms with Crippen LogP contribution in [-0.4, -0.2) is 22.1 Å². The van der Waals surface area contributed by atoms with Crippen molar-refractivity contribution in [2.24, 2.45) is 5.92 Å². The minimum atomic E-state index is -4.30. The Bertz CT molecular complexity index is 620. The fraction of sp³-hybridized carbons (Fsp3) is 0.500. The van der Waals surface area contributed by atoms with Crippen molar-refractivity contribution in [3.05, 3.63) is 47.1 Å². The Balaban J connectivity index is 1.91. The van der Waals surface area contributed by atoms with Crippen LogP contribution in [0.3, 0.4) is 0 Å². The Kier molecular flexibility index (Phi) is 5.41. The fourth-order valence-electron chi connectivity index (χ4n) is 2.20. The van der Waals surface area contributed by atoms with Gasteiger partial charge in [0.05, 0.1) is 12.1 Å². The van der Waals surface area contributed by atoms with Gasteiger partial charge in [0.1, 0.15) is 0 Å². The van der Waals surface area contributed by atoms with Gasteiger partial charge in [-0.05, 0) is 30.7 Å². The summed E-state index contributed by atoms with van der Waals surface area (Å²) in [7, 11) is 1.85. The summed E-state index contributed by atoms with van der Waals surface area (Å²) in [6, 6.07) is 5.15. The van der Waals surface area contributed by atoms with E-state index in [9.17, 15) is 13.2 Å². The first kappa shape index (κ1) is 17.5. The monoisotopic (exact) mass is 327 g/mol. The largest absolute Gasteiger partial charge is 0.416 e. The van der Waals surface area contributed by atoms with Crippen LogP contribution in [0.4, 0.5) is 13.2 Å². The zero-order valence-electron chi connectivity index (χ0n) is 13.4. The Hall–Kier alpha value is -1.89. The molecule has 0 aliphatic carbocycles. The molecule has 0 saturated heterocycles. The van der Waals surface area contributed by atoms with E-state index in [2.05, 4.69) is 24.0 Å². The van der Waals surface area contributed by atoms with E-state index in [1.165, 1.54) is 12.1 Å². The van der Waals surface area contributed by atoms with Crippen LogP contribution < -0.4 is 0 Å². The number of rotatable bonds is 6. The normalized spacial score (nSPS) is 12.3. The molecule has 1 aromatic heterocycles. The summed E-state index contributed by atoms with van der Waals surface area (Å²) in [5.41, 5.74) is 0.154. The molecule has 0 atom stereocenters. The second kappa shape index (κ2) is 7.12. The molecule has 0 aliphatic rings. The Morgan fingerprint density at radius 1 is 1.13 bits per heavy atom. The first-order valence-electron chi connectivity index (χ1n) is 7.40. The minimum Gasteiger partial charge on any atom is -0.338 e. The van der Waals surface area contributed by atoms with E-state index in [0.29, 0.717) is 30.7 Å². The SMILES string of the molecule is CC(C)Cc1noc(CN(C)Cc2ccc(C(F)(F)F)cc2)n1. The summed E-state index contributed by atoms with van der Waals surface area (Å²) in [5, 5.41) is 3.92. The summed E-state index contributed by atoms with van der Waals surface area (Å²) in [5.74, 6) is 1.64. The highest BCUT2D eigenvalue weighted by Gasteiger charge is 2.29. The minimum absolute atomic E-state index is 0.449. The first-order chi connectivity index (χ1) is 10.7. The lowest BCUT2D eigenvalue weighted by Gasteiger charge is -2.14. The predicted molar refractivity (Wildman–Crippen MR) is 79.5 cm³/mol. The molecule has 2 rings (SSSR count). The van der Waals surface area contributed by atoms with Crippen molar-refractivity contribution >= 4 is 0 Å². The molecule has 0 unspecified atom stereocenters. The van der Waals surface area contributed by atoms with Crippen molar-refractivity contribution in [1.29, 1.82) is 0 Å². The van der Waals surface area contributed by atoms with Gasteiger partial charge in [-0.15, -0.1) is 0 Å². The summed E-state index contributed by atoms with van der Waals surface area (Å²) in [4.78, 5) is 6.22. The number of nitrogens with zero attached hydrogens (tertiary/aromatic N) is 3. The molecule has 0 N–H and O–H groups in total. The van der Waals surface area contributed by atoms with E-state index in [-0.39, 0.29) is 0 Å². The van der Waals surface area contributed by atoms with Gasteiger partial charge < -0.3 is 4.52 Å². The highest BCUT2D eigenvalue weighted by atomic mass is 19.4.